The highest BCUT2D eigenvalue weighted by Gasteiger charge is 2.35. The first-order valence-electron chi connectivity index (χ1n) is 6.59. The lowest BCUT2D eigenvalue weighted by Gasteiger charge is -2.12. The van der Waals surface area contributed by atoms with Crippen LogP contribution in [-0.4, -0.2) is 16.0 Å². The molecule has 3 rings (SSSR count). The van der Waals surface area contributed by atoms with Crippen molar-refractivity contribution in [1.82, 2.24) is 4.90 Å². The lowest BCUT2D eigenvalue weighted by molar-refractivity contribution is -0.123. The minimum Gasteiger partial charge on any atom is -0.268 e. The molecule has 0 saturated carbocycles. The van der Waals surface area contributed by atoms with Gasteiger partial charge in [0.2, 0.25) is 0 Å². The summed E-state index contributed by atoms with van der Waals surface area (Å²) in [5.41, 5.74) is 0.921. The van der Waals surface area contributed by atoms with Gasteiger partial charge in [-0.05, 0) is 54.6 Å². The zero-order valence-corrected chi connectivity index (χ0v) is 14.9. The third-order valence-electron chi connectivity index (χ3n) is 3.14. The van der Waals surface area contributed by atoms with E-state index in [9.17, 15) is 9.59 Å². The second kappa shape index (κ2) is 6.40. The van der Waals surface area contributed by atoms with Gasteiger partial charge in [-0.2, -0.15) is 0 Å². The van der Waals surface area contributed by atoms with Crippen LogP contribution in [0.5, 0.6) is 0 Å². The van der Waals surface area contributed by atoms with Gasteiger partial charge in [-0.15, -0.1) is 11.3 Å². The van der Waals surface area contributed by atoms with E-state index in [1.54, 1.807) is 17.4 Å². The van der Waals surface area contributed by atoms with Gasteiger partial charge in [-0.3, -0.25) is 14.5 Å². The van der Waals surface area contributed by atoms with Crippen LogP contribution in [0.3, 0.4) is 0 Å². The van der Waals surface area contributed by atoms with Crippen molar-refractivity contribution in [2.75, 3.05) is 0 Å². The molecule has 0 bridgehead atoms. The van der Waals surface area contributed by atoms with Crippen molar-refractivity contribution in [1.29, 1.82) is 0 Å². The number of aryl methyl sites for hydroxylation is 1. The van der Waals surface area contributed by atoms with Gasteiger partial charge >= 0.3 is 0 Å². The lowest BCUT2D eigenvalue weighted by atomic mass is 10.2. The molecule has 0 radical (unpaired) electrons. The maximum absolute atomic E-state index is 12.4. The molecule has 0 spiro atoms. The molecule has 2 aromatic rings. The Morgan fingerprint density at radius 2 is 2.05 bits per heavy atom. The second-order valence-corrected chi connectivity index (χ2v) is 8.07. The van der Waals surface area contributed by atoms with Crippen LogP contribution in [0.4, 0.5) is 4.79 Å². The highest BCUT2D eigenvalue weighted by molar-refractivity contribution is 9.10. The third kappa shape index (κ3) is 3.34. The van der Waals surface area contributed by atoms with E-state index in [1.807, 2.05) is 43.3 Å². The predicted octanol–water partition coefficient (Wildman–Crippen LogP) is 5.06. The van der Waals surface area contributed by atoms with Crippen LogP contribution in [-0.2, 0) is 11.3 Å². The Hall–Kier alpha value is -1.37. The quantitative estimate of drug-likeness (QED) is 0.684. The predicted molar refractivity (Wildman–Crippen MR) is 94.7 cm³/mol. The maximum atomic E-state index is 12.4. The molecule has 22 heavy (non-hydrogen) atoms. The molecule has 1 saturated heterocycles. The van der Waals surface area contributed by atoms with E-state index < -0.39 is 0 Å². The minimum atomic E-state index is -0.221. The molecule has 1 aromatic heterocycles. The molecule has 112 valence electrons. The van der Waals surface area contributed by atoms with E-state index in [2.05, 4.69) is 15.9 Å². The van der Waals surface area contributed by atoms with Crippen LogP contribution in [0.25, 0.3) is 6.08 Å². The normalized spacial score (nSPS) is 16.8. The molecule has 1 aliphatic rings. The Bertz CT molecular complexity index is 782. The Labute approximate surface area is 145 Å². The van der Waals surface area contributed by atoms with Crippen LogP contribution in [0, 0.1) is 6.92 Å². The number of nitrogens with zero attached hydrogens (tertiary/aromatic N) is 1. The van der Waals surface area contributed by atoms with Gasteiger partial charge in [0.15, 0.2) is 0 Å². The van der Waals surface area contributed by atoms with E-state index in [-0.39, 0.29) is 11.1 Å². The number of benzene rings is 1. The van der Waals surface area contributed by atoms with Gasteiger partial charge in [0.05, 0.1) is 11.4 Å². The molecule has 1 fully saturated rings. The van der Waals surface area contributed by atoms with Gasteiger partial charge in [0.25, 0.3) is 11.1 Å². The molecule has 3 nitrogen and oxygen atoms in total. The summed E-state index contributed by atoms with van der Waals surface area (Å²) in [6.07, 6.45) is 1.80. The van der Waals surface area contributed by atoms with Crippen molar-refractivity contribution in [3.05, 3.63) is 61.1 Å². The van der Waals surface area contributed by atoms with E-state index in [1.165, 1.54) is 9.78 Å². The first-order valence-corrected chi connectivity index (χ1v) is 9.02. The zero-order valence-electron chi connectivity index (χ0n) is 11.7. The summed E-state index contributed by atoms with van der Waals surface area (Å²) < 4.78 is 0.932. The standard InChI is InChI=1S/C16H12BrNO2S2/c1-10-5-6-13(21-10)8-14-15(19)18(16(20)22-14)9-11-3-2-4-12(17)7-11/h2-8H,9H2,1H3/b14-8+. The van der Waals surface area contributed by atoms with Crippen molar-refractivity contribution in [2.24, 2.45) is 0 Å². The highest BCUT2D eigenvalue weighted by atomic mass is 79.9. The highest BCUT2D eigenvalue weighted by Crippen LogP contribution is 2.34. The van der Waals surface area contributed by atoms with Crippen molar-refractivity contribution in [2.45, 2.75) is 13.5 Å². The monoisotopic (exact) mass is 393 g/mol. The number of thioether (sulfide) groups is 1. The van der Waals surface area contributed by atoms with Gasteiger partial charge in [0, 0.05) is 14.2 Å². The molecule has 0 atom stereocenters. The number of carbonyl (C=O) groups is 2. The lowest BCUT2D eigenvalue weighted by Crippen LogP contribution is -2.27. The van der Waals surface area contributed by atoms with Crippen LogP contribution in [0.15, 0.2) is 45.8 Å². The van der Waals surface area contributed by atoms with Crippen LogP contribution < -0.4 is 0 Å². The van der Waals surface area contributed by atoms with Gasteiger partial charge < -0.3 is 0 Å². The topological polar surface area (TPSA) is 37.4 Å². The number of amides is 2. The zero-order chi connectivity index (χ0) is 15.7. The number of halogens is 1. The Morgan fingerprint density at radius 3 is 2.73 bits per heavy atom. The average molecular weight is 394 g/mol. The van der Waals surface area contributed by atoms with E-state index >= 15 is 0 Å². The second-order valence-electron chi connectivity index (χ2n) is 4.85. The Kier molecular flexibility index (Phi) is 4.52. The SMILES string of the molecule is Cc1ccc(/C=C2/SC(=O)N(Cc3cccc(Br)c3)C2=O)s1. The summed E-state index contributed by atoms with van der Waals surface area (Å²) in [6.45, 7) is 2.31. The summed E-state index contributed by atoms with van der Waals surface area (Å²) in [5, 5.41) is -0.218. The summed E-state index contributed by atoms with van der Waals surface area (Å²) in [7, 11) is 0. The van der Waals surface area contributed by atoms with Crippen LogP contribution in [0.1, 0.15) is 15.3 Å². The molecule has 0 unspecified atom stereocenters. The van der Waals surface area contributed by atoms with Crippen molar-refractivity contribution < 1.29 is 9.59 Å². The Morgan fingerprint density at radius 1 is 1.23 bits per heavy atom. The van der Waals surface area contributed by atoms with Crippen LogP contribution in [0.2, 0.25) is 0 Å². The van der Waals surface area contributed by atoms with Gasteiger partial charge in [-0.25, -0.2) is 0 Å². The molecule has 2 amide bonds. The largest absolute Gasteiger partial charge is 0.293 e. The fourth-order valence-electron chi connectivity index (χ4n) is 2.11. The molecular weight excluding hydrogens is 382 g/mol. The molecule has 6 heteroatoms. The molecule has 1 aromatic carbocycles. The number of hydrogen-bond acceptors (Lipinski definition) is 4. The summed E-state index contributed by atoms with van der Waals surface area (Å²) >= 11 is 6.01. The first kappa shape index (κ1) is 15.5. The van der Waals surface area contributed by atoms with E-state index in [0.717, 1.165) is 26.7 Å². The third-order valence-corrected chi connectivity index (χ3v) is 5.49. The fraction of sp³-hybridized carbons (Fsp3) is 0.125. The van der Waals surface area contributed by atoms with E-state index in [0.29, 0.717) is 11.4 Å². The first-order chi connectivity index (χ1) is 10.5. The summed E-state index contributed by atoms with van der Waals surface area (Å²) in [5.74, 6) is -0.221. The smallest absolute Gasteiger partial charge is 0.268 e. The number of imide groups is 1. The molecule has 2 heterocycles. The minimum absolute atomic E-state index is 0.218. The molecule has 0 aliphatic carbocycles. The maximum Gasteiger partial charge on any atom is 0.293 e. The van der Waals surface area contributed by atoms with Gasteiger partial charge in [-0.1, -0.05) is 28.1 Å². The summed E-state index contributed by atoms with van der Waals surface area (Å²) in [6, 6.07) is 11.6. The van der Waals surface area contributed by atoms with Crippen molar-refractivity contribution >= 4 is 56.3 Å². The van der Waals surface area contributed by atoms with Gasteiger partial charge in [0.1, 0.15) is 0 Å². The average Bonchev–Trinajstić information content (AvgIpc) is 2.98. The molecule has 0 N–H and O–H groups in total. The number of thiophene rings is 1. The van der Waals surface area contributed by atoms with Crippen LogP contribution >= 0.6 is 39.0 Å². The number of hydrogen-bond donors (Lipinski definition) is 0. The Balaban J connectivity index is 1.81. The molecular formula is C16H12BrNO2S2. The summed E-state index contributed by atoms with van der Waals surface area (Å²) in [4.78, 5) is 28.5. The fourth-order valence-corrected chi connectivity index (χ4v) is 4.29. The number of carbonyl (C=O) groups excluding carboxylic acids is 2. The van der Waals surface area contributed by atoms with E-state index in [4.69, 9.17) is 0 Å². The number of rotatable bonds is 3. The van der Waals surface area contributed by atoms with Crippen molar-refractivity contribution in [3.63, 3.8) is 0 Å². The van der Waals surface area contributed by atoms with Crippen molar-refractivity contribution in [3.8, 4) is 0 Å². The molecule has 1 aliphatic heterocycles.